The molecule has 31 heavy (non-hydrogen) atoms. The Morgan fingerprint density at radius 3 is 2.23 bits per heavy atom. The van der Waals surface area contributed by atoms with E-state index in [2.05, 4.69) is 37.9 Å². The van der Waals surface area contributed by atoms with Crippen molar-refractivity contribution in [3.63, 3.8) is 0 Å². The summed E-state index contributed by atoms with van der Waals surface area (Å²) in [5.74, 6) is 0.504. The molecule has 0 unspecified atom stereocenters. The van der Waals surface area contributed by atoms with E-state index in [0.717, 1.165) is 27.8 Å². The van der Waals surface area contributed by atoms with E-state index in [-0.39, 0.29) is 11.5 Å². The Morgan fingerprint density at radius 2 is 1.65 bits per heavy atom. The summed E-state index contributed by atoms with van der Waals surface area (Å²) in [4.78, 5) is 18.7. The molecule has 0 saturated heterocycles. The maximum Gasteiger partial charge on any atom is 0.415 e. The van der Waals surface area contributed by atoms with E-state index in [1.807, 2.05) is 50.2 Å². The topological polar surface area (TPSA) is 42.4 Å². The zero-order valence-corrected chi connectivity index (χ0v) is 19.5. The SMILES string of the molecule is CCN(CC)C(=O)Oc1c(-c2ccccc2)cc(C(C)(C)C)cc1-c1ccncc1Cl. The fourth-order valence-corrected chi connectivity index (χ4v) is 3.65. The number of carbonyl (C=O) groups is 1. The van der Waals surface area contributed by atoms with Gasteiger partial charge in [-0.1, -0.05) is 62.7 Å². The van der Waals surface area contributed by atoms with Gasteiger partial charge < -0.3 is 9.64 Å². The van der Waals surface area contributed by atoms with E-state index in [1.54, 1.807) is 17.3 Å². The van der Waals surface area contributed by atoms with Gasteiger partial charge in [-0.2, -0.15) is 0 Å². The molecule has 0 aliphatic rings. The molecular formula is C26H29ClN2O2. The van der Waals surface area contributed by atoms with Crippen LogP contribution in [0.3, 0.4) is 0 Å². The highest BCUT2D eigenvalue weighted by Crippen LogP contribution is 2.44. The lowest BCUT2D eigenvalue weighted by molar-refractivity contribution is 0.157. The van der Waals surface area contributed by atoms with Crippen molar-refractivity contribution in [2.75, 3.05) is 13.1 Å². The van der Waals surface area contributed by atoms with E-state index in [0.29, 0.717) is 23.9 Å². The molecule has 4 nitrogen and oxygen atoms in total. The van der Waals surface area contributed by atoms with Gasteiger partial charge in [0.2, 0.25) is 0 Å². The lowest BCUT2D eigenvalue weighted by Gasteiger charge is -2.26. The summed E-state index contributed by atoms with van der Waals surface area (Å²) in [6, 6.07) is 16.0. The van der Waals surface area contributed by atoms with Crippen LogP contribution >= 0.6 is 11.6 Å². The molecule has 0 radical (unpaired) electrons. The number of halogens is 1. The van der Waals surface area contributed by atoms with E-state index < -0.39 is 0 Å². The second-order valence-electron chi connectivity index (χ2n) is 8.41. The number of hydrogen-bond acceptors (Lipinski definition) is 3. The van der Waals surface area contributed by atoms with Gasteiger partial charge in [-0.25, -0.2) is 4.79 Å². The predicted molar refractivity (Wildman–Crippen MR) is 128 cm³/mol. The predicted octanol–water partition coefficient (Wildman–Crippen LogP) is 7.21. The number of ether oxygens (including phenoxy) is 1. The van der Waals surface area contributed by atoms with Crippen LogP contribution in [0.2, 0.25) is 5.02 Å². The summed E-state index contributed by atoms with van der Waals surface area (Å²) < 4.78 is 6.06. The Balaban J connectivity index is 2.33. The summed E-state index contributed by atoms with van der Waals surface area (Å²) in [6.45, 7) is 11.5. The number of aromatic nitrogens is 1. The molecule has 1 aromatic heterocycles. The quantitative estimate of drug-likeness (QED) is 0.424. The molecular weight excluding hydrogens is 408 g/mol. The summed E-state index contributed by atoms with van der Waals surface area (Å²) in [7, 11) is 0. The molecule has 0 atom stereocenters. The normalized spacial score (nSPS) is 11.3. The number of amides is 1. The van der Waals surface area contributed by atoms with Crippen molar-refractivity contribution in [3.8, 4) is 28.0 Å². The first-order valence-corrected chi connectivity index (χ1v) is 10.9. The van der Waals surface area contributed by atoms with Gasteiger partial charge in [-0.3, -0.25) is 4.98 Å². The van der Waals surface area contributed by atoms with Gasteiger partial charge in [0.25, 0.3) is 0 Å². The number of pyridine rings is 1. The minimum absolute atomic E-state index is 0.112. The van der Waals surface area contributed by atoms with Gasteiger partial charge in [0.05, 0.1) is 5.02 Å². The Bertz CT molecular complexity index is 1050. The molecule has 0 bridgehead atoms. The van der Waals surface area contributed by atoms with Crippen molar-refractivity contribution in [1.29, 1.82) is 0 Å². The summed E-state index contributed by atoms with van der Waals surface area (Å²) in [5.41, 5.74) is 4.40. The Morgan fingerprint density at radius 1 is 1.00 bits per heavy atom. The first-order chi connectivity index (χ1) is 14.8. The second kappa shape index (κ2) is 9.52. The summed E-state index contributed by atoms with van der Waals surface area (Å²) in [5, 5.41) is 0.507. The fourth-order valence-electron chi connectivity index (χ4n) is 3.43. The lowest BCUT2D eigenvalue weighted by atomic mass is 9.82. The molecule has 0 aliphatic carbocycles. The minimum atomic E-state index is -0.378. The highest BCUT2D eigenvalue weighted by atomic mass is 35.5. The average molecular weight is 437 g/mol. The van der Waals surface area contributed by atoms with Crippen LogP contribution in [0, 0.1) is 0 Å². The molecule has 3 aromatic rings. The maximum atomic E-state index is 13.0. The smallest absolute Gasteiger partial charge is 0.409 e. The van der Waals surface area contributed by atoms with Gasteiger partial charge in [0, 0.05) is 42.2 Å². The van der Waals surface area contributed by atoms with Crippen molar-refractivity contribution in [2.45, 2.75) is 40.0 Å². The molecule has 3 rings (SSSR count). The highest BCUT2D eigenvalue weighted by Gasteiger charge is 2.25. The van der Waals surface area contributed by atoms with Crippen LogP contribution in [0.25, 0.3) is 22.3 Å². The number of nitrogens with zero attached hydrogens (tertiary/aromatic N) is 2. The van der Waals surface area contributed by atoms with E-state index >= 15 is 0 Å². The third kappa shape index (κ3) is 5.08. The van der Waals surface area contributed by atoms with Crippen LogP contribution in [0.5, 0.6) is 5.75 Å². The average Bonchev–Trinajstić information content (AvgIpc) is 2.75. The molecule has 0 N–H and O–H groups in total. The van der Waals surface area contributed by atoms with Crippen molar-refractivity contribution in [2.24, 2.45) is 0 Å². The molecule has 2 aromatic carbocycles. The van der Waals surface area contributed by atoms with E-state index in [4.69, 9.17) is 16.3 Å². The minimum Gasteiger partial charge on any atom is -0.409 e. The zero-order chi connectivity index (χ0) is 22.6. The summed E-state index contributed by atoms with van der Waals surface area (Å²) >= 11 is 6.54. The van der Waals surface area contributed by atoms with Crippen LogP contribution in [0.15, 0.2) is 60.9 Å². The molecule has 0 fully saturated rings. The van der Waals surface area contributed by atoms with Crippen molar-refractivity contribution < 1.29 is 9.53 Å². The Hall–Kier alpha value is -2.85. The maximum absolute atomic E-state index is 13.0. The standard InChI is InChI=1S/C26H29ClN2O2/c1-6-29(7-2)25(30)31-24-21(18-11-9-8-10-12-18)15-19(26(3,4)5)16-22(24)20-13-14-28-17-23(20)27/h8-17H,6-7H2,1-5H3. The largest absolute Gasteiger partial charge is 0.415 e. The highest BCUT2D eigenvalue weighted by molar-refractivity contribution is 6.33. The first-order valence-electron chi connectivity index (χ1n) is 10.6. The number of carbonyl (C=O) groups excluding carboxylic acids is 1. The van der Waals surface area contributed by atoms with Gasteiger partial charge in [0.1, 0.15) is 5.75 Å². The van der Waals surface area contributed by atoms with Crippen molar-refractivity contribution in [1.82, 2.24) is 9.88 Å². The van der Waals surface area contributed by atoms with Crippen LogP contribution in [0.1, 0.15) is 40.2 Å². The summed E-state index contributed by atoms with van der Waals surface area (Å²) in [6.07, 6.45) is 2.93. The monoisotopic (exact) mass is 436 g/mol. The number of rotatable bonds is 5. The molecule has 0 saturated carbocycles. The van der Waals surface area contributed by atoms with Crippen LogP contribution in [-0.4, -0.2) is 29.1 Å². The fraction of sp³-hybridized carbons (Fsp3) is 0.308. The number of benzene rings is 2. The Kier molecular flexibility index (Phi) is 7.01. The second-order valence-corrected chi connectivity index (χ2v) is 8.82. The zero-order valence-electron chi connectivity index (χ0n) is 18.8. The van der Waals surface area contributed by atoms with E-state index in [9.17, 15) is 4.79 Å². The van der Waals surface area contributed by atoms with Crippen LogP contribution in [0.4, 0.5) is 4.79 Å². The molecule has 1 amide bonds. The lowest BCUT2D eigenvalue weighted by Crippen LogP contribution is -2.33. The molecule has 0 spiro atoms. The molecule has 5 heteroatoms. The van der Waals surface area contributed by atoms with E-state index in [1.165, 1.54) is 0 Å². The Labute approximate surface area is 189 Å². The molecule has 0 aliphatic heterocycles. The van der Waals surface area contributed by atoms with Gasteiger partial charge >= 0.3 is 6.09 Å². The molecule has 1 heterocycles. The van der Waals surface area contributed by atoms with Gasteiger partial charge in [0.15, 0.2) is 0 Å². The van der Waals surface area contributed by atoms with Crippen LogP contribution in [-0.2, 0) is 5.41 Å². The van der Waals surface area contributed by atoms with Crippen molar-refractivity contribution >= 4 is 17.7 Å². The number of hydrogen-bond donors (Lipinski definition) is 0. The third-order valence-electron chi connectivity index (χ3n) is 5.31. The van der Waals surface area contributed by atoms with Crippen LogP contribution < -0.4 is 4.74 Å². The van der Waals surface area contributed by atoms with Crippen molar-refractivity contribution in [3.05, 3.63) is 71.5 Å². The van der Waals surface area contributed by atoms with Gasteiger partial charge in [-0.05, 0) is 48.6 Å². The van der Waals surface area contributed by atoms with Gasteiger partial charge in [-0.15, -0.1) is 0 Å². The third-order valence-corrected chi connectivity index (χ3v) is 5.61. The molecule has 162 valence electrons. The first kappa shape index (κ1) is 22.8.